The van der Waals surface area contributed by atoms with Gasteiger partial charge in [-0.2, -0.15) is 0 Å². The van der Waals surface area contributed by atoms with Gasteiger partial charge in [0.1, 0.15) is 5.75 Å². The van der Waals surface area contributed by atoms with Crippen LogP contribution in [0.2, 0.25) is 0 Å². The average molecular weight is 284 g/mol. The first kappa shape index (κ1) is 11.9. The highest BCUT2D eigenvalue weighted by Gasteiger charge is 2.19. The summed E-state index contributed by atoms with van der Waals surface area (Å²) in [6.45, 7) is 3.23. The molecule has 1 atom stereocenters. The Morgan fingerprint density at radius 2 is 2.19 bits per heavy atom. The zero-order chi connectivity index (χ0) is 11.5. The first-order chi connectivity index (χ1) is 7.72. The molecule has 2 rings (SSSR count). The Bertz CT molecular complexity index is 372. The van der Waals surface area contributed by atoms with Crippen LogP contribution in [-0.4, -0.2) is 13.7 Å². The van der Waals surface area contributed by atoms with Crippen molar-refractivity contribution in [3.8, 4) is 5.75 Å². The van der Waals surface area contributed by atoms with Crippen LogP contribution in [0.25, 0.3) is 0 Å². The molecule has 1 heterocycles. The molecule has 1 aliphatic heterocycles. The highest BCUT2D eigenvalue weighted by molar-refractivity contribution is 9.10. The molecule has 88 valence electrons. The van der Waals surface area contributed by atoms with Gasteiger partial charge in [-0.1, -0.05) is 12.5 Å². The SMILES string of the molecule is COc1cc(C)cc(C2CCCCN2)c1Br. The van der Waals surface area contributed by atoms with Gasteiger partial charge in [0.2, 0.25) is 0 Å². The van der Waals surface area contributed by atoms with Crippen molar-refractivity contribution in [1.82, 2.24) is 5.32 Å². The second kappa shape index (κ2) is 5.19. The summed E-state index contributed by atoms with van der Waals surface area (Å²) < 4.78 is 6.48. The molecular weight excluding hydrogens is 266 g/mol. The van der Waals surface area contributed by atoms with E-state index in [0.29, 0.717) is 6.04 Å². The summed E-state index contributed by atoms with van der Waals surface area (Å²) in [6, 6.07) is 4.78. The van der Waals surface area contributed by atoms with Gasteiger partial charge in [0, 0.05) is 6.04 Å². The molecule has 2 nitrogen and oxygen atoms in total. The van der Waals surface area contributed by atoms with Crippen molar-refractivity contribution in [2.45, 2.75) is 32.2 Å². The molecule has 0 spiro atoms. The number of benzene rings is 1. The van der Waals surface area contributed by atoms with Gasteiger partial charge in [-0.3, -0.25) is 0 Å². The zero-order valence-corrected chi connectivity index (χ0v) is 11.4. The van der Waals surface area contributed by atoms with Gasteiger partial charge in [0.15, 0.2) is 0 Å². The van der Waals surface area contributed by atoms with Crippen LogP contribution in [0.1, 0.15) is 36.4 Å². The van der Waals surface area contributed by atoms with Crippen molar-refractivity contribution >= 4 is 15.9 Å². The van der Waals surface area contributed by atoms with Gasteiger partial charge < -0.3 is 10.1 Å². The zero-order valence-electron chi connectivity index (χ0n) is 9.85. The van der Waals surface area contributed by atoms with Crippen LogP contribution in [0, 0.1) is 6.92 Å². The molecule has 1 aromatic carbocycles. The number of nitrogens with one attached hydrogen (secondary N) is 1. The van der Waals surface area contributed by atoms with Gasteiger partial charge in [0.25, 0.3) is 0 Å². The molecule has 1 unspecified atom stereocenters. The number of methoxy groups -OCH3 is 1. The Kier molecular flexibility index (Phi) is 3.87. The highest BCUT2D eigenvalue weighted by Crippen LogP contribution is 2.36. The lowest BCUT2D eigenvalue weighted by Gasteiger charge is -2.25. The molecule has 1 aliphatic rings. The fraction of sp³-hybridized carbons (Fsp3) is 0.538. The van der Waals surface area contributed by atoms with E-state index in [4.69, 9.17) is 4.74 Å². The van der Waals surface area contributed by atoms with Crippen LogP contribution in [0.15, 0.2) is 16.6 Å². The summed E-state index contributed by atoms with van der Waals surface area (Å²) in [7, 11) is 1.72. The number of piperidine rings is 1. The standard InChI is InChI=1S/C13H18BrNO/c1-9-7-10(11-5-3-4-6-15-11)13(14)12(8-9)16-2/h7-8,11,15H,3-6H2,1-2H3. The Labute approximate surface area is 106 Å². The van der Waals surface area contributed by atoms with Crippen molar-refractivity contribution in [3.05, 3.63) is 27.7 Å². The molecule has 0 amide bonds. The Morgan fingerprint density at radius 1 is 1.38 bits per heavy atom. The molecule has 3 heteroatoms. The molecule has 0 bridgehead atoms. The number of rotatable bonds is 2. The van der Waals surface area contributed by atoms with Crippen molar-refractivity contribution < 1.29 is 4.74 Å². The van der Waals surface area contributed by atoms with E-state index in [9.17, 15) is 0 Å². The third-order valence-electron chi connectivity index (χ3n) is 3.12. The average Bonchev–Trinajstić information content (AvgIpc) is 2.33. The van der Waals surface area contributed by atoms with E-state index >= 15 is 0 Å². The third kappa shape index (κ3) is 2.41. The van der Waals surface area contributed by atoms with Crippen molar-refractivity contribution in [1.29, 1.82) is 0 Å². The predicted molar refractivity (Wildman–Crippen MR) is 70.0 cm³/mol. The lowest BCUT2D eigenvalue weighted by atomic mass is 9.96. The quantitative estimate of drug-likeness (QED) is 0.896. The molecular formula is C13H18BrNO. The smallest absolute Gasteiger partial charge is 0.133 e. The van der Waals surface area contributed by atoms with E-state index in [1.54, 1.807) is 7.11 Å². The molecule has 0 aromatic heterocycles. The van der Waals surface area contributed by atoms with E-state index in [2.05, 4.69) is 40.3 Å². The van der Waals surface area contributed by atoms with Crippen LogP contribution in [-0.2, 0) is 0 Å². The van der Waals surface area contributed by atoms with Crippen LogP contribution in [0.3, 0.4) is 0 Å². The van der Waals surface area contributed by atoms with E-state index in [1.165, 1.54) is 30.4 Å². The topological polar surface area (TPSA) is 21.3 Å². The number of hydrogen-bond acceptors (Lipinski definition) is 2. The van der Waals surface area contributed by atoms with E-state index in [-0.39, 0.29) is 0 Å². The molecule has 1 aromatic rings. The second-order valence-corrected chi connectivity index (χ2v) is 5.17. The van der Waals surface area contributed by atoms with Gasteiger partial charge in [-0.25, -0.2) is 0 Å². The van der Waals surface area contributed by atoms with E-state index < -0.39 is 0 Å². The molecule has 0 radical (unpaired) electrons. The minimum atomic E-state index is 0.469. The summed E-state index contributed by atoms with van der Waals surface area (Å²) in [5.74, 6) is 0.933. The maximum Gasteiger partial charge on any atom is 0.133 e. The molecule has 0 saturated carbocycles. The summed E-state index contributed by atoms with van der Waals surface area (Å²) in [5, 5.41) is 3.57. The number of ether oxygens (including phenoxy) is 1. The van der Waals surface area contributed by atoms with Crippen LogP contribution in [0.5, 0.6) is 5.75 Å². The number of halogens is 1. The molecule has 16 heavy (non-hydrogen) atoms. The molecule has 0 aliphatic carbocycles. The Morgan fingerprint density at radius 3 is 2.81 bits per heavy atom. The second-order valence-electron chi connectivity index (χ2n) is 4.37. The van der Waals surface area contributed by atoms with E-state index in [1.807, 2.05) is 0 Å². The molecule has 1 saturated heterocycles. The summed E-state index contributed by atoms with van der Waals surface area (Å²) in [5.41, 5.74) is 2.58. The summed E-state index contributed by atoms with van der Waals surface area (Å²) in [6.07, 6.45) is 3.81. The van der Waals surface area contributed by atoms with E-state index in [0.717, 1.165) is 16.8 Å². The maximum atomic E-state index is 5.38. The largest absolute Gasteiger partial charge is 0.496 e. The predicted octanol–water partition coefficient (Wildman–Crippen LogP) is 3.58. The van der Waals surface area contributed by atoms with Crippen LogP contribution >= 0.6 is 15.9 Å². The Balaban J connectivity index is 2.34. The van der Waals surface area contributed by atoms with Gasteiger partial charge >= 0.3 is 0 Å². The monoisotopic (exact) mass is 283 g/mol. The lowest BCUT2D eigenvalue weighted by Crippen LogP contribution is -2.27. The Hall–Kier alpha value is -0.540. The van der Waals surface area contributed by atoms with Gasteiger partial charge in [-0.05, 0) is 59.4 Å². The van der Waals surface area contributed by atoms with Crippen molar-refractivity contribution in [2.75, 3.05) is 13.7 Å². The first-order valence-electron chi connectivity index (χ1n) is 5.80. The van der Waals surface area contributed by atoms with Crippen molar-refractivity contribution in [3.63, 3.8) is 0 Å². The summed E-state index contributed by atoms with van der Waals surface area (Å²) in [4.78, 5) is 0. The fourth-order valence-corrected chi connectivity index (χ4v) is 2.95. The number of hydrogen-bond donors (Lipinski definition) is 1. The maximum absolute atomic E-state index is 5.38. The number of aryl methyl sites for hydroxylation is 1. The third-order valence-corrected chi connectivity index (χ3v) is 3.97. The molecule has 1 N–H and O–H groups in total. The van der Waals surface area contributed by atoms with Crippen LogP contribution < -0.4 is 10.1 Å². The fourth-order valence-electron chi connectivity index (χ4n) is 2.28. The summed E-state index contributed by atoms with van der Waals surface area (Å²) >= 11 is 3.65. The molecule has 1 fully saturated rings. The highest BCUT2D eigenvalue weighted by atomic mass is 79.9. The van der Waals surface area contributed by atoms with Gasteiger partial charge in [-0.15, -0.1) is 0 Å². The van der Waals surface area contributed by atoms with Crippen molar-refractivity contribution in [2.24, 2.45) is 0 Å². The minimum absolute atomic E-state index is 0.469. The minimum Gasteiger partial charge on any atom is -0.496 e. The van der Waals surface area contributed by atoms with Crippen LogP contribution in [0.4, 0.5) is 0 Å². The van der Waals surface area contributed by atoms with Gasteiger partial charge in [0.05, 0.1) is 11.6 Å². The first-order valence-corrected chi connectivity index (χ1v) is 6.59. The normalized spacial score (nSPS) is 20.8. The lowest BCUT2D eigenvalue weighted by molar-refractivity contribution is 0.396.